The Labute approximate surface area is 114 Å². The van der Waals surface area contributed by atoms with E-state index in [0.717, 1.165) is 18.9 Å². The van der Waals surface area contributed by atoms with E-state index in [1.54, 1.807) is 0 Å². The van der Waals surface area contributed by atoms with Crippen molar-refractivity contribution in [2.45, 2.75) is 32.4 Å². The summed E-state index contributed by atoms with van der Waals surface area (Å²) in [6.07, 6.45) is 0.573. The van der Waals surface area contributed by atoms with Gasteiger partial charge in [0.15, 0.2) is 5.78 Å². The number of benzene rings is 1. The average molecular weight is 263 g/mol. The average Bonchev–Trinajstić information content (AvgIpc) is 2.39. The zero-order valence-corrected chi connectivity index (χ0v) is 11.5. The largest absolute Gasteiger partial charge is 0.491 e. The molecule has 1 aliphatic heterocycles. The van der Waals surface area contributed by atoms with Crippen molar-refractivity contribution >= 4 is 5.78 Å². The quantitative estimate of drug-likeness (QED) is 0.826. The molecule has 0 saturated carbocycles. The first kappa shape index (κ1) is 14.0. The molecule has 1 unspecified atom stereocenters. The monoisotopic (exact) mass is 263 g/mol. The smallest absolute Gasteiger partial charge is 0.164 e. The van der Waals surface area contributed by atoms with Gasteiger partial charge in [-0.05, 0) is 26.0 Å². The van der Waals surface area contributed by atoms with Crippen LogP contribution in [0.15, 0.2) is 24.3 Å². The molecular weight excluding hydrogens is 242 g/mol. The van der Waals surface area contributed by atoms with Gasteiger partial charge in [-0.25, -0.2) is 0 Å². The van der Waals surface area contributed by atoms with Crippen molar-refractivity contribution in [3.8, 4) is 5.75 Å². The van der Waals surface area contributed by atoms with Crippen LogP contribution >= 0.6 is 0 Å². The van der Waals surface area contributed by atoms with Crippen LogP contribution in [-0.4, -0.2) is 37.7 Å². The Bertz CT molecular complexity index is 425. The van der Waals surface area contributed by atoms with Gasteiger partial charge >= 0.3 is 0 Å². The molecule has 0 bridgehead atoms. The second-order valence-electron chi connectivity index (χ2n) is 5.05. The fraction of sp³-hybridized carbons (Fsp3) is 0.533. The maximum Gasteiger partial charge on any atom is 0.164 e. The molecule has 4 nitrogen and oxygen atoms in total. The minimum absolute atomic E-state index is 0.110. The van der Waals surface area contributed by atoms with Crippen LogP contribution in [0.25, 0.3) is 0 Å². The summed E-state index contributed by atoms with van der Waals surface area (Å²) in [5.74, 6) is 0.867. The number of hydrogen-bond acceptors (Lipinski definition) is 4. The van der Waals surface area contributed by atoms with Crippen LogP contribution in [0, 0.1) is 0 Å². The van der Waals surface area contributed by atoms with Crippen LogP contribution in [-0.2, 0) is 4.74 Å². The Morgan fingerprint density at radius 1 is 1.53 bits per heavy atom. The fourth-order valence-electron chi connectivity index (χ4n) is 2.11. The molecule has 104 valence electrons. The Kier molecular flexibility index (Phi) is 4.93. The lowest BCUT2D eigenvalue weighted by molar-refractivity contribution is 0.0676. The summed E-state index contributed by atoms with van der Waals surface area (Å²) in [4.78, 5) is 12.2. The van der Waals surface area contributed by atoms with Gasteiger partial charge in [0, 0.05) is 24.6 Å². The third kappa shape index (κ3) is 4.33. The summed E-state index contributed by atoms with van der Waals surface area (Å²) < 4.78 is 11.0. The summed E-state index contributed by atoms with van der Waals surface area (Å²) in [6, 6.07) is 7.50. The van der Waals surface area contributed by atoms with Crippen molar-refractivity contribution in [1.29, 1.82) is 0 Å². The number of ketones is 1. The molecule has 0 amide bonds. The van der Waals surface area contributed by atoms with Crippen LogP contribution in [0.3, 0.4) is 0 Å². The van der Waals surface area contributed by atoms with Crippen LogP contribution in [0.1, 0.15) is 30.6 Å². The molecule has 0 radical (unpaired) electrons. The molecule has 1 saturated heterocycles. The van der Waals surface area contributed by atoms with Gasteiger partial charge in [0.1, 0.15) is 5.75 Å². The van der Waals surface area contributed by atoms with Crippen LogP contribution < -0.4 is 10.1 Å². The van der Waals surface area contributed by atoms with E-state index < -0.39 is 0 Å². The maximum absolute atomic E-state index is 12.2. The molecule has 1 aliphatic rings. The van der Waals surface area contributed by atoms with Crippen LogP contribution in [0.5, 0.6) is 5.75 Å². The molecule has 4 heteroatoms. The lowest BCUT2D eigenvalue weighted by Gasteiger charge is -2.23. The molecule has 1 atom stereocenters. The first-order valence-corrected chi connectivity index (χ1v) is 6.76. The molecule has 1 aromatic rings. The maximum atomic E-state index is 12.2. The predicted molar refractivity (Wildman–Crippen MR) is 73.8 cm³/mol. The molecule has 0 spiro atoms. The van der Waals surface area contributed by atoms with Gasteiger partial charge < -0.3 is 14.8 Å². The highest BCUT2D eigenvalue weighted by Gasteiger charge is 2.18. The standard InChI is InChI=1S/C15H21NO3/c1-11(2)19-14-5-3-4-12(8-14)15(17)9-13-10-18-7-6-16-13/h3-5,8,11,13,16H,6-7,9-10H2,1-2H3. The Morgan fingerprint density at radius 3 is 3.05 bits per heavy atom. The van der Waals surface area contributed by atoms with E-state index in [9.17, 15) is 4.79 Å². The van der Waals surface area contributed by atoms with Crippen molar-refractivity contribution in [2.75, 3.05) is 19.8 Å². The van der Waals surface area contributed by atoms with Crippen molar-refractivity contribution in [3.63, 3.8) is 0 Å². The molecule has 2 rings (SSSR count). The minimum atomic E-state index is 0.110. The normalized spacial score (nSPS) is 19.4. The Hall–Kier alpha value is -1.39. The second kappa shape index (κ2) is 6.68. The summed E-state index contributed by atoms with van der Waals surface area (Å²) >= 11 is 0. The van der Waals surface area contributed by atoms with E-state index in [-0.39, 0.29) is 17.9 Å². The molecule has 1 heterocycles. The van der Waals surface area contributed by atoms with Crippen molar-refractivity contribution in [1.82, 2.24) is 5.32 Å². The zero-order chi connectivity index (χ0) is 13.7. The summed E-state index contributed by atoms with van der Waals surface area (Å²) in [6.45, 7) is 6.08. The van der Waals surface area contributed by atoms with E-state index in [1.807, 2.05) is 38.1 Å². The van der Waals surface area contributed by atoms with Gasteiger partial charge in [0.25, 0.3) is 0 Å². The van der Waals surface area contributed by atoms with E-state index >= 15 is 0 Å². The van der Waals surface area contributed by atoms with Crippen molar-refractivity contribution in [2.24, 2.45) is 0 Å². The number of carbonyl (C=O) groups excluding carboxylic acids is 1. The number of morpholine rings is 1. The van der Waals surface area contributed by atoms with Crippen LogP contribution in [0.4, 0.5) is 0 Å². The van der Waals surface area contributed by atoms with Gasteiger partial charge in [-0.1, -0.05) is 12.1 Å². The Morgan fingerprint density at radius 2 is 2.37 bits per heavy atom. The first-order chi connectivity index (χ1) is 9.15. The van der Waals surface area contributed by atoms with E-state index in [1.165, 1.54) is 0 Å². The molecule has 0 aromatic heterocycles. The molecule has 1 N–H and O–H groups in total. The molecule has 1 fully saturated rings. The molecule has 19 heavy (non-hydrogen) atoms. The number of carbonyl (C=O) groups is 1. The van der Waals surface area contributed by atoms with Gasteiger partial charge in [-0.3, -0.25) is 4.79 Å². The number of hydrogen-bond donors (Lipinski definition) is 1. The first-order valence-electron chi connectivity index (χ1n) is 6.76. The fourth-order valence-corrected chi connectivity index (χ4v) is 2.11. The predicted octanol–water partition coefficient (Wildman–Crippen LogP) is 2.03. The van der Waals surface area contributed by atoms with Gasteiger partial charge in [-0.15, -0.1) is 0 Å². The lowest BCUT2D eigenvalue weighted by atomic mass is 10.0. The highest BCUT2D eigenvalue weighted by Crippen LogP contribution is 2.17. The number of ether oxygens (including phenoxy) is 2. The summed E-state index contributed by atoms with van der Waals surface area (Å²) in [7, 11) is 0. The second-order valence-corrected chi connectivity index (χ2v) is 5.05. The van der Waals surface area contributed by atoms with Gasteiger partial charge in [0.2, 0.25) is 0 Å². The topological polar surface area (TPSA) is 47.6 Å². The number of rotatable bonds is 5. The third-order valence-corrected chi connectivity index (χ3v) is 2.96. The summed E-state index contributed by atoms with van der Waals surface area (Å²) in [5.41, 5.74) is 0.700. The highest BCUT2D eigenvalue weighted by molar-refractivity contribution is 5.96. The van der Waals surface area contributed by atoms with Gasteiger partial charge in [0.05, 0.1) is 19.3 Å². The van der Waals surface area contributed by atoms with Gasteiger partial charge in [-0.2, -0.15) is 0 Å². The Balaban J connectivity index is 1.97. The summed E-state index contributed by atoms with van der Waals surface area (Å²) in [5, 5.41) is 3.29. The van der Waals surface area contributed by atoms with Crippen molar-refractivity contribution < 1.29 is 14.3 Å². The third-order valence-electron chi connectivity index (χ3n) is 2.96. The zero-order valence-electron chi connectivity index (χ0n) is 11.5. The van der Waals surface area contributed by atoms with E-state index in [0.29, 0.717) is 18.6 Å². The highest BCUT2D eigenvalue weighted by atomic mass is 16.5. The minimum Gasteiger partial charge on any atom is -0.491 e. The molecular formula is C15H21NO3. The number of Topliss-reactive ketones (excluding diaryl/α,β-unsaturated/α-hetero) is 1. The molecule has 0 aliphatic carbocycles. The van der Waals surface area contributed by atoms with Crippen molar-refractivity contribution in [3.05, 3.63) is 29.8 Å². The molecule has 1 aromatic carbocycles. The number of nitrogens with one attached hydrogen (secondary N) is 1. The van der Waals surface area contributed by atoms with E-state index in [4.69, 9.17) is 9.47 Å². The van der Waals surface area contributed by atoms with E-state index in [2.05, 4.69) is 5.32 Å². The lowest BCUT2D eigenvalue weighted by Crippen LogP contribution is -2.42. The SMILES string of the molecule is CC(C)Oc1cccc(C(=O)CC2COCCN2)c1. The van der Waals surface area contributed by atoms with Crippen LogP contribution in [0.2, 0.25) is 0 Å².